The predicted octanol–water partition coefficient (Wildman–Crippen LogP) is 4.25. The van der Waals surface area contributed by atoms with E-state index in [0.717, 1.165) is 16.7 Å². The zero-order valence-corrected chi connectivity index (χ0v) is 20.3. The van der Waals surface area contributed by atoms with Gasteiger partial charge in [-0.3, -0.25) is 9.03 Å². The summed E-state index contributed by atoms with van der Waals surface area (Å²) >= 11 is 0. The van der Waals surface area contributed by atoms with Crippen molar-refractivity contribution in [1.29, 1.82) is 0 Å². The van der Waals surface area contributed by atoms with E-state index in [-0.39, 0.29) is 21.2 Å². The molecule has 0 spiro atoms. The summed E-state index contributed by atoms with van der Waals surface area (Å²) in [6.07, 6.45) is 1.40. The van der Waals surface area contributed by atoms with Crippen molar-refractivity contribution in [3.05, 3.63) is 77.4 Å². The van der Waals surface area contributed by atoms with Crippen molar-refractivity contribution in [1.82, 2.24) is 0 Å². The number of fused-ring (bicyclic) bond motifs is 1. The second kappa shape index (κ2) is 8.72. The van der Waals surface area contributed by atoms with Gasteiger partial charge in [-0.05, 0) is 79.8 Å². The van der Waals surface area contributed by atoms with Gasteiger partial charge in [-0.25, -0.2) is 16.8 Å². The normalized spacial score (nSPS) is 14.0. The first-order valence-electron chi connectivity index (χ1n) is 10.5. The van der Waals surface area contributed by atoms with Crippen LogP contribution in [0, 0.1) is 13.8 Å². The molecule has 0 aliphatic carbocycles. The Hall–Kier alpha value is -3.04. The second-order valence-corrected chi connectivity index (χ2v) is 11.5. The van der Waals surface area contributed by atoms with Crippen LogP contribution in [0.2, 0.25) is 0 Å². The third-order valence-electron chi connectivity index (χ3n) is 5.81. The Kier molecular flexibility index (Phi) is 6.11. The van der Waals surface area contributed by atoms with Gasteiger partial charge >= 0.3 is 0 Å². The molecule has 0 atom stereocenters. The van der Waals surface area contributed by atoms with Gasteiger partial charge < -0.3 is 4.74 Å². The van der Waals surface area contributed by atoms with Gasteiger partial charge in [-0.15, -0.1) is 0 Å². The predicted molar refractivity (Wildman–Crippen MR) is 129 cm³/mol. The highest BCUT2D eigenvalue weighted by atomic mass is 32.2. The molecule has 0 amide bonds. The molecule has 0 radical (unpaired) electrons. The Balaban J connectivity index is 1.73. The lowest BCUT2D eigenvalue weighted by Gasteiger charge is -2.31. The fraction of sp³-hybridized carbons (Fsp3) is 0.250. The van der Waals surface area contributed by atoms with Crippen LogP contribution in [0.15, 0.2) is 70.5 Å². The van der Waals surface area contributed by atoms with Crippen molar-refractivity contribution in [2.45, 2.75) is 36.5 Å². The Morgan fingerprint density at radius 1 is 0.909 bits per heavy atom. The number of aryl methyl sites for hydroxylation is 3. The van der Waals surface area contributed by atoms with E-state index in [4.69, 9.17) is 4.74 Å². The molecular formula is C24H26N2O5S2. The van der Waals surface area contributed by atoms with Crippen molar-refractivity contribution in [2.75, 3.05) is 22.7 Å². The van der Waals surface area contributed by atoms with Crippen molar-refractivity contribution in [3.8, 4) is 5.75 Å². The van der Waals surface area contributed by atoms with Gasteiger partial charge in [0.05, 0.1) is 23.4 Å². The van der Waals surface area contributed by atoms with Crippen LogP contribution in [0.5, 0.6) is 5.75 Å². The maximum Gasteiger partial charge on any atom is 0.265 e. The molecule has 0 bridgehead atoms. The van der Waals surface area contributed by atoms with Crippen LogP contribution in [-0.2, 0) is 26.5 Å². The molecular weight excluding hydrogens is 460 g/mol. The fourth-order valence-corrected chi connectivity index (χ4v) is 6.76. The Bertz CT molecular complexity index is 1400. The number of nitrogens with one attached hydrogen (secondary N) is 1. The van der Waals surface area contributed by atoms with E-state index in [9.17, 15) is 16.8 Å². The molecule has 9 heteroatoms. The third kappa shape index (κ3) is 4.43. The lowest BCUT2D eigenvalue weighted by Crippen LogP contribution is -2.35. The lowest BCUT2D eigenvalue weighted by molar-refractivity contribution is 0.402. The molecule has 1 aliphatic rings. The summed E-state index contributed by atoms with van der Waals surface area (Å²) in [6, 6.07) is 16.5. The second-order valence-electron chi connectivity index (χ2n) is 8.03. The van der Waals surface area contributed by atoms with E-state index >= 15 is 0 Å². The van der Waals surface area contributed by atoms with E-state index in [0.29, 0.717) is 25.1 Å². The Labute approximate surface area is 195 Å². The van der Waals surface area contributed by atoms with Crippen molar-refractivity contribution in [3.63, 3.8) is 0 Å². The number of ether oxygens (including phenoxy) is 1. The highest BCUT2D eigenvalue weighted by molar-refractivity contribution is 7.93. The first kappa shape index (κ1) is 23.1. The molecule has 1 aliphatic heterocycles. The number of rotatable bonds is 6. The van der Waals surface area contributed by atoms with E-state index in [1.807, 2.05) is 13.8 Å². The first-order valence-corrected chi connectivity index (χ1v) is 13.4. The molecule has 4 rings (SSSR count). The molecule has 33 heavy (non-hydrogen) atoms. The number of anilines is 2. The summed E-state index contributed by atoms with van der Waals surface area (Å²) in [4.78, 5) is 0.225. The Morgan fingerprint density at radius 3 is 2.30 bits per heavy atom. The van der Waals surface area contributed by atoms with Gasteiger partial charge in [0.25, 0.3) is 20.0 Å². The number of hydrogen-bond donors (Lipinski definition) is 1. The quantitative estimate of drug-likeness (QED) is 0.562. The maximum absolute atomic E-state index is 13.3. The van der Waals surface area contributed by atoms with Gasteiger partial charge in [0.1, 0.15) is 10.6 Å². The van der Waals surface area contributed by atoms with Gasteiger partial charge in [0.2, 0.25) is 0 Å². The van der Waals surface area contributed by atoms with Crippen LogP contribution >= 0.6 is 0 Å². The van der Waals surface area contributed by atoms with Crippen LogP contribution in [-0.4, -0.2) is 30.5 Å². The highest BCUT2D eigenvalue weighted by Crippen LogP contribution is 2.35. The number of sulfonamides is 2. The van der Waals surface area contributed by atoms with E-state index in [2.05, 4.69) is 4.72 Å². The largest absolute Gasteiger partial charge is 0.495 e. The smallest absolute Gasteiger partial charge is 0.265 e. The molecule has 3 aromatic rings. The van der Waals surface area contributed by atoms with Crippen molar-refractivity contribution in [2.24, 2.45) is 0 Å². The molecule has 0 saturated heterocycles. The summed E-state index contributed by atoms with van der Waals surface area (Å²) in [6.45, 7) is 4.04. The number of benzene rings is 3. The number of hydrogen-bond acceptors (Lipinski definition) is 5. The molecule has 0 fully saturated rings. The number of nitrogens with zero attached hydrogens (tertiary/aromatic N) is 1. The summed E-state index contributed by atoms with van der Waals surface area (Å²) in [5.41, 5.74) is 3.36. The van der Waals surface area contributed by atoms with Gasteiger partial charge in [0.15, 0.2) is 0 Å². The van der Waals surface area contributed by atoms with Crippen molar-refractivity contribution >= 4 is 31.4 Å². The minimum atomic E-state index is -3.97. The molecule has 1 N–H and O–H groups in total. The zero-order valence-electron chi connectivity index (χ0n) is 18.7. The molecule has 0 aromatic heterocycles. The zero-order chi connectivity index (χ0) is 23.8. The lowest BCUT2D eigenvalue weighted by atomic mass is 10.0. The average molecular weight is 487 g/mol. The first-order chi connectivity index (χ1) is 15.6. The van der Waals surface area contributed by atoms with Gasteiger partial charge in [0, 0.05) is 6.54 Å². The molecule has 0 unspecified atom stereocenters. The summed E-state index contributed by atoms with van der Waals surface area (Å²) in [7, 11) is -6.32. The third-order valence-corrected chi connectivity index (χ3v) is 9.04. The monoisotopic (exact) mass is 486 g/mol. The van der Waals surface area contributed by atoms with Crippen molar-refractivity contribution < 1.29 is 21.6 Å². The Morgan fingerprint density at radius 2 is 1.61 bits per heavy atom. The topological polar surface area (TPSA) is 92.8 Å². The molecule has 7 nitrogen and oxygen atoms in total. The molecule has 174 valence electrons. The number of methoxy groups -OCH3 is 1. The maximum atomic E-state index is 13.3. The van der Waals surface area contributed by atoms with E-state index in [1.165, 1.54) is 11.4 Å². The van der Waals surface area contributed by atoms with E-state index in [1.54, 1.807) is 60.7 Å². The van der Waals surface area contributed by atoms with Crippen LogP contribution in [0.1, 0.15) is 23.1 Å². The molecule has 1 heterocycles. The minimum absolute atomic E-state index is 0.0274. The van der Waals surface area contributed by atoms with Crippen LogP contribution < -0.4 is 13.8 Å². The van der Waals surface area contributed by atoms with E-state index < -0.39 is 20.0 Å². The summed E-state index contributed by atoms with van der Waals surface area (Å²) < 4.78 is 62.2. The van der Waals surface area contributed by atoms with Gasteiger partial charge in [-0.2, -0.15) is 0 Å². The van der Waals surface area contributed by atoms with Gasteiger partial charge in [-0.1, -0.05) is 24.3 Å². The molecule has 0 saturated carbocycles. The summed E-state index contributed by atoms with van der Waals surface area (Å²) in [5.74, 6) is 0.247. The SMILES string of the molecule is COc1cc(C)c(C)cc1S(=O)(=O)Nc1ccc2c(c1)N(S(=O)(=O)c1ccccc1)CCC2. The fourth-order valence-electron chi connectivity index (χ4n) is 3.92. The minimum Gasteiger partial charge on any atom is -0.495 e. The highest BCUT2D eigenvalue weighted by Gasteiger charge is 2.30. The molecule has 3 aromatic carbocycles. The van der Waals surface area contributed by atoms with Crippen LogP contribution in [0.25, 0.3) is 0 Å². The van der Waals surface area contributed by atoms with Crippen LogP contribution in [0.3, 0.4) is 0 Å². The average Bonchev–Trinajstić information content (AvgIpc) is 2.80. The standard InChI is InChI=1S/C24H26N2O5S2/c1-17-14-23(31-3)24(15-18(17)2)32(27,28)25-20-12-11-19-8-7-13-26(22(19)16-20)33(29,30)21-9-5-4-6-10-21/h4-6,9-12,14-16,25H,7-8,13H2,1-3H3. The van der Waals surface area contributed by atoms with Crippen LogP contribution in [0.4, 0.5) is 11.4 Å². The summed E-state index contributed by atoms with van der Waals surface area (Å²) in [5, 5.41) is 0.